The standard InChI is InChI=1S/C10H21O4PS2/c1-4-7-8-9-10(5-2,6-3)12-15(11)13-16-17-14-15/h4-9H2,1-3H3. The summed E-state index contributed by atoms with van der Waals surface area (Å²) in [5.41, 5.74) is -0.379. The first kappa shape index (κ1) is 15.9. The Morgan fingerprint density at radius 1 is 1.12 bits per heavy atom. The molecule has 0 bridgehead atoms. The van der Waals surface area contributed by atoms with Crippen molar-refractivity contribution < 1.29 is 17.0 Å². The lowest BCUT2D eigenvalue weighted by molar-refractivity contribution is 0.0273. The molecule has 0 aromatic carbocycles. The van der Waals surface area contributed by atoms with Crippen molar-refractivity contribution in [3.05, 3.63) is 0 Å². The fraction of sp³-hybridized carbons (Fsp3) is 1.00. The first-order valence-electron chi connectivity index (χ1n) is 6.12. The van der Waals surface area contributed by atoms with Gasteiger partial charge in [0, 0.05) is 0 Å². The van der Waals surface area contributed by atoms with Gasteiger partial charge < -0.3 is 0 Å². The van der Waals surface area contributed by atoms with Crippen molar-refractivity contribution in [3.8, 4) is 0 Å². The Labute approximate surface area is 112 Å². The van der Waals surface area contributed by atoms with E-state index in [0.717, 1.165) is 47.8 Å². The Morgan fingerprint density at radius 3 is 2.18 bits per heavy atom. The summed E-state index contributed by atoms with van der Waals surface area (Å²) in [5.74, 6) is 0. The monoisotopic (exact) mass is 300 g/mol. The molecule has 0 aromatic rings. The van der Waals surface area contributed by atoms with Crippen molar-refractivity contribution in [1.82, 2.24) is 0 Å². The number of unbranched alkanes of at least 4 members (excludes halogenated alkanes) is 2. The summed E-state index contributed by atoms with van der Waals surface area (Å²) in [4.78, 5) is 0. The molecule has 102 valence electrons. The van der Waals surface area contributed by atoms with E-state index in [0.29, 0.717) is 0 Å². The van der Waals surface area contributed by atoms with E-state index in [1.807, 2.05) is 0 Å². The Bertz CT molecular complexity index is 261. The van der Waals surface area contributed by atoms with E-state index in [1.165, 1.54) is 12.8 Å². The predicted octanol–water partition coefficient (Wildman–Crippen LogP) is 5.51. The van der Waals surface area contributed by atoms with Crippen LogP contribution in [0.2, 0.25) is 0 Å². The van der Waals surface area contributed by atoms with Crippen molar-refractivity contribution in [3.63, 3.8) is 0 Å². The van der Waals surface area contributed by atoms with Gasteiger partial charge in [0.2, 0.25) is 0 Å². The minimum Gasteiger partial charge on any atom is -0.279 e. The van der Waals surface area contributed by atoms with E-state index in [-0.39, 0.29) is 5.60 Å². The van der Waals surface area contributed by atoms with E-state index in [2.05, 4.69) is 20.8 Å². The van der Waals surface area contributed by atoms with Crippen LogP contribution < -0.4 is 0 Å². The van der Waals surface area contributed by atoms with Gasteiger partial charge >= 0.3 is 7.82 Å². The molecule has 0 radical (unpaired) electrons. The van der Waals surface area contributed by atoms with Crippen LogP contribution >= 0.6 is 30.0 Å². The highest BCUT2D eigenvalue weighted by molar-refractivity contribution is 8.75. The average Bonchev–Trinajstić information content (AvgIpc) is 2.75. The zero-order valence-electron chi connectivity index (χ0n) is 10.6. The lowest BCUT2D eigenvalue weighted by Gasteiger charge is -2.32. The molecule has 17 heavy (non-hydrogen) atoms. The maximum absolute atomic E-state index is 12.1. The molecule has 1 rings (SSSR count). The molecule has 0 unspecified atom stereocenters. The number of hydrogen-bond donors (Lipinski definition) is 0. The third-order valence-corrected chi connectivity index (χ3v) is 6.98. The van der Waals surface area contributed by atoms with Crippen molar-refractivity contribution in [2.75, 3.05) is 0 Å². The third-order valence-electron chi connectivity index (χ3n) is 3.10. The van der Waals surface area contributed by atoms with Gasteiger partial charge in [-0.2, -0.15) is 0 Å². The molecule has 0 atom stereocenters. The van der Waals surface area contributed by atoms with Crippen molar-refractivity contribution in [2.45, 2.75) is 64.9 Å². The van der Waals surface area contributed by atoms with E-state index in [4.69, 9.17) is 12.5 Å². The molecule has 0 aromatic heterocycles. The number of phosphoric acid groups is 1. The number of rotatable bonds is 8. The van der Waals surface area contributed by atoms with E-state index in [9.17, 15) is 4.57 Å². The largest absolute Gasteiger partial charge is 0.499 e. The lowest BCUT2D eigenvalue weighted by atomic mass is 9.91. The van der Waals surface area contributed by atoms with E-state index < -0.39 is 7.82 Å². The van der Waals surface area contributed by atoms with Crippen molar-refractivity contribution in [2.24, 2.45) is 0 Å². The first-order valence-corrected chi connectivity index (χ1v) is 9.58. The fourth-order valence-electron chi connectivity index (χ4n) is 1.85. The molecule has 0 N–H and O–H groups in total. The lowest BCUT2D eigenvalue weighted by Crippen LogP contribution is -2.30. The van der Waals surface area contributed by atoms with Crippen molar-refractivity contribution >= 4 is 30.0 Å². The SMILES string of the molecule is CCCCCC(CC)(CC)OP1(=O)OSSO1. The van der Waals surface area contributed by atoms with Gasteiger partial charge in [0.15, 0.2) is 0 Å². The maximum Gasteiger partial charge on any atom is 0.499 e. The van der Waals surface area contributed by atoms with Gasteiger partial charge in [-0.15, -0.1) is 0 Å². The Balaban J connectivity index is 2.59. The van der Waals surface area contributed by atoms with Crippen LogP contribution in [0.1, 0.15) is 59.3 Å². The summed E-state index contributed by atoms with van der Waals surface area (Å²) in [5, 5.41) is 0. The minimum absolute atomic E-state index is 0.379. The zero-order valence-corrected chi connectivity index (χ0v) is 13.2. The fourth-order valence-corrected chi connectivity index (χ4v) is 5.83. The molecule has 1 heterocycles. The molecule has 1 aliphatic heterocycles. The number of hydrogen-bond acceptors (Lipinski definition) is 6. The minimum atomic E-state index is -3.35. The zero-order chi connectivity index (χ0) is 12.8. The van der Waals surface area contributed by atoms with Crippen molar-refractivity contribution in [1.29, 1.82) is 0 Å². The van der Waals surface area contributed by atoms with Gasteiger partial charge in [-0.3, -0.25) is 4.52 Å². The van der Waals surface area contributed by atoms with Crippen LogP contribution in [0, 0.1) is 0 Å². The summed E-state index contributed by atoms with van der Waals surface area (Å²) in [6.07, 6.45) is 5.96. The molecular weight excluding hydrogens is 279 g/mol. The van der Waals surface area contributed by atoms with Crippen LogP contribution in [0.4, 0.5) is 0 Å². The second-order valence-corrected chi connectivity index (χ2v) is 7.53. The second-order valence-electron chi connectivity index (χ2n) is 4.17. The molecule has 1 saturated heterocycles. The Kier molecular flexibility index (Phi) is 6.92. The van der Waals surface area contributed by atoms with Gasteiger partial charge in [-0.25, -0.2) is 12.5 Å². The van der Waals surface area contributed by atoms with Gasteiger partial charge in [-0.05, 0) is 19.3 Å². The summed E-state index contributed by atoms with van der Waals surface area (Å²) in [6, 6.07) is 0. The molecule has 0 saturated carbocycles. The highest BCUT2D eigenvalue weighted by atomic mass is 33.1. The smallest absolute Gasteiger partial charge is 0.279 e. The molecule has 1 fully saturated rings. The van der Waals surface area contributed by atoms with Crippen LogP contribution in [0.15, 0.2) is 0 Å². The Hall–Kier alpha value is 0.810. The van der Waals surface area contributed by atoms with E-state index in [1.54, 1.807) is 0 Å². The Morgan fingerprint density at radius 2 is 1.71 bits per heavy atom. The van der Waals surface area contributed by atoms with Gasteiger partial charge in [-0.1, -0.05) is 40.0 Å². The van der Waals surface area contributed by atoms with Crippen LogP contribution in [-0.2, 0) is 17.0 Å². The molecule has 0 amide bonds. The molecule has 7 heteroatoms. The molecule has 1 aliphatic rings. The van der Waals surface area contributed by atoms with Gasteiger partial charge in [0.05, 0.1) is 5.60 Å². The second kappa shape index (κ2) is 7.41. The summed E-state index contributed by atoms with van der Waals surface area (Å²) < 4.78 is 27.8. The normalized spacial score (nSPS) is 19.7. The maximum atomic E-state index is 12.1. The van der Waals surface area contributed by atoms with Crippen LogP contribution in [0.25, 0.3) is 0 Å². The summed E-state index contributed by atoms with van der Waals surface area (Å²) >= 11 is 1.95. The molecule has 4 nitrogen and oxygen atoms in total. The highest BCUT2D eigenvalue weighted by Crippen LogP contribution is 2.67. The van der Waals surface area contributed by atoms with Crippen LogP contribution in [0.3, 0.4) is 0 Å². The van der Waals surface area contributed by atoms with Gasteiger partial charge in [0.1, 0.15) is 22.1 Å². The molecule has 0 aliphatic carbocycles. The highest BCUT2D eigenvalue weighted by Gasteiger charge is 2.43. The quantitative estimate of drug-likeness (QED) is 0.255. The third kappa shape index (κ3) is 4.77. The van der Waals surface area contributed by atoms with Crippen LogP contribution in [0.5, 0.6) is 0 Å². The predicted molar refractivity (Wildman–Crippen MR) is 73.5 cm³/mol. The van der Waals surface area contributed by atoms with E-state index >= 15 is 0 Å². The average molecular weight is 300 g/mol. The summed E-state index contributed by atoms with van der Waals surface area (Å²) in [6.45, 7) is 6.27. The molecule has 0 spiro atoms. The first-order chi connectivity index (χ1) is 8.10. The summed E-state index contributed by atoms with van der Waals surface area (Å²) in [7, 11) is -3.35. The molecular formula is C10H21O4PS2. The topological polar surface area (TPSA) is 44.8 Å². The van der Waals surface area contributed by atoms with Gasteiger partial charge in [0.25, 0.3) is 0 Å². The van der Waals surface area contributed by atoms with Crippen LogP contribution in [-0.4, -0.2) is 5.60 Å².